The number of nitrogens with two attached hydrogens (primary N) is 1. The molecule has 0 radical (unpaired) electrons. The monoisotopic (exact) mass is 212 g/mol. The van der Waals surface area contributed by atoms with Gasteiger partial charge in [-0.25, -0.2) is 0 Å². The standard InChI is InChI=1S/C10H16N2O3/c1-7(8-3-4-15-5-8)12-9(6-14-2)10(11)13/h3-5,7,9,12H,6H2,1-2H3,(H2,11,13). The van der Waals surface area contributed by atoms with Gasteiger partial charge >= 0.3 is 0 Å². The van der Waals surface area contributed by atoms with Crippen molar-refractivity contribution in [2.45, 2.75) is 19.0 Å². The fraction of sp³-hybridized carbons (Fsp3) is 0.500. The van der Waals surface area contributed by atoms with Crippen LogP contribution in [0.2, 0.25) is 0 Å². The molecule has 5 nitrogen and oxygen atoms in total. The summed E-state index contributed by atoms with van der Waals surface area (Å²) in [5, 5.41) is 3.06. The molecule has 2 unspecified atom stereocenters. The summed E-state index contributed by atoms with van der Waals surface area (Å²) in [5.41, 5.74) is 6.19. The van der Waals surface area contributed by atoms with Crippen LogP contribution in [0.15, 0.2) is 23.0 Å². The second-order valence-electron chi connectivity index (χ2n) is 3.36. The Morgan fingerprint density at radius 2 is 2.47 bits per heavy atom. The first-order valence-electron chi connectivity index (χ1n) is 4.71. The Hall–Kier alpha value is -1.33. The van der Waals surface area contributed by atoms with Crippen LogP contribution >= 0.6 is 0 Å². The zero-order valence-electron chi connectivity index (χ0n) is 8.90. The van der Waals surface area contributed by atoms with Crippen LogP contribution in [0.3, 0.4) is 0 Å². The SMILES string of the molecule is COCC(NC(C)c1ccoc1)C(N)=O. The third-order valence-electron chi connectivity index (χ3n) is 2.17. The molecule has 2 atom stereocenters. The lowest BCUT2D eigenvalue weighted by Gasteiger charge is -2.19. The van der Waals surface area contributed by atoms with Crippen molar-refractivity contribution in [2.75, 3.05) is 13.7 Å². The van der Waals surface area contributed by atoms with Crippen molar-refractivity contribution < 1.29 is 13.9 Å². The van der Waals surface area contributed by atoms with Crippen molar-refractivity contribution in [1.29, 1.82) is 0 Å². The van der Waals surface area contributed by atoms with Gasteiger partial charge in [0, 0.05) is 18.7 Å². The number of primary amides is 1. The molecule has 1 rings (SSSR count). The van der Waals surface area contributed by atoms with Crippen molar-refractivity contribution in [3.05, 3.63) is 24.2 Å². The molecule has 1 amide bonds. The molecular weight excluding hydrogens is 196 g/mol. The van der Waals surface area contributed by atoms with E-state index in [-0.39, 0.29) is 12.6 Å². The molecule has 0 aromatic carbocycles. The van der Waals surface area contributed by atoms with Gasteiger partial charge in [-0.3, -0.25) is 10.1 Å². The number of amides is 1. The van der Waals surface area contributed by atoms with Gasteiger partial charge in [-0.2, -0.15) is 0 Å². The number of nitrogens with one attached hydrogen (secondary N) is 1. The highest BCUT2D eigenvalue weighted by Crippen LogP contribution is 2.12. The van der Waals surface area contributed by atoms with Crippen LogP contribution in [0.1, 0.15) is 18.5 Å². The van der Waals surface area contributed by atoms with Gasteiger partial charge in [0.1, 0.15) is 6.04 Å². The molecule has 84 valence electrons. The van der Waals surface area contributed by atoms with Gasteiger partial charge in [-0.05, 0) is 13.0 Å². The molecule has 0 saturated heterocycles. The summed E-state index contributed by atoms with van der Waals surface area (Å²) in [7, 11) is 1.53. The maximum absolute atomic E-state index is 11.1. The third kappa shape index (κ3) is 3.38. The van der Waals surface area contributed by atoms with E-state index < -0.39 is 11.9 Å². The van der Waals surface area contributed by atoms with Gasteiger partial charge in [0.25, 0.3) is 0 Å². The molecule has 1 heterocycles. The molecule has 0 bridgehead atoms. The van der Waals surface area contributed by atoms with Gasteiger partial charge in [0.05, 0.1) is 19.1 Å². The topological polar surface area (TPSA) is 77.5 Å². The van der Waals surface area contributed by atoms with Gasteiger partial charge in [0.2, 0.25) is 5.91 Å². The Morgan fingerprint density at radius 3 is 2.93 bits per heavy atom. The molecule has 0 aliphatic carbocycles. The summed E-state index contributed by atoms with van der Waals surface area (Å²) in [6, 6.07) is 1.35. The van der Waals surface area contributed by atoms with Gasteiger partial charge in [-0.1, -0.05) is 0 Å². The molecule has 1 aromatic heterocycles. The number of hydrogen-bond acceptors (Lipinski definition) is 4. The van der Waals surface area contributed by atoms with Gasteiger partial charge in [-0.15, -0.1) is 0 Å². The number of carbonyl (C=O) groups is 1. The quantitative estimate of drug-likeness (QED) is 0.716. The molecule has 5 heteroatoms. The lowest BCUT2D eigenvalue weighted by Crippen LogP contribution is -2.45. The number of hydrogen-bond donors (Lipinski definition) is 2. The van der Waals surface area contributed by atoms with Crippen LogP contribution in [-0.2, 0) is 9.53 Å². The van der Waals surface area contributed by atoms with E-state index in [1.54, 1.807) is 12.5 Å². The maximum Gasteiger partial charge on any atom is 0.236 e. The number of methoxy groups -OCH3 is 1. The summed E-state index contributed by atoms with van der Waals surface area (Å²) in [4.78, 5) is 11.1. The summed E-state index contributed by atoms with van der Waals surface area (Å²) in [6.45, 7) is 2.19. The van der Waals surface area contributed by atoms with Crippen molar-refractivity contribution in [2.24, 2.45) is 5.73 Å². The van der Waals surface area contributed by atoms with E-state index >= 15 is 0 Å². The Balaban J connectivity index is 2.54. The number of ether oxygens (including phenoxy) is 1. The van der Waals surface area contributed by atoms with Crippen molar-refractivity contribution >= 4 is 5.91 Å². The second kappa shape index (κ2) is 5.53. The Bertz CT molecular complexity index is 298. The van der Waals surface area contributed by atoms with E-state index in [9.17, 15) is 4.79 Å². The minimum absolute atomic E-state index is 0.00333. The van der Waals surface area contributed by atoms with Crippen LogP contribution in [-0.4, -0.2) is 25.7 Å². The van der Waals surface area contributed by atoms with Crippen LogP contribution in [0.25, 0.3) is 0 Å². The predicted molar refractivity (Wildman–Crippen MR) is 55.1 cm³/mol. The molecule has 15 heavy (non-hydrogen) atoms. The van der Waals surface area contributed by atoms with E-state index in [1.165, 1.54) is 7.11 Å². The predicted octanol–water partition coefficient (Wildman–Crippen LogP) is 0.430. The Morgan fingerprint density at radius 1 is 1.73 bits per heavy atom. The lowest BCUT2D eigenvalue weighted by molar-refractivity contribution is -0.121. The first-order chi connectivity index (χ1) is 7.15. The summed E-state index contributed by atoms with van der Waals surface area (Å²) in [6.07, 6.45) is 3.21. The van der Waals surface area contributed by atoms with E-state index in [4.69, 9.17) is 14.9 Å². The summed E-state index contributed by atoms with van der Waals surface area (Å²) < 4.78 is 9.85. The highest BCUT2D eigenvalue weighted by Gasteiger charge is 2.18. The Kier molecular flexibility index (Phi) is 4.33. The molecule has 0 aliphatic rings. The second-order valence-corrected chi connectivity index (χ2v) is 3.36. The van der Waals surface area contributed by atoms with E-state index in [0.717, 1.165) is 5.56 Å². The first kappa shape index (κ1) is 11.7. The summed E-state index contributed by atoms with van der Waals surface area (Å²) >= 11 is 0. The largest absolute Gasteiger partial charge is 0.472 e. The minimum Gasteiger partial charge on any atom is -0.472 e. The number of rotatable bonds is 6. The van der Waals surface area contributed by atoms with E-state index in [0.29, 0.717) is 0 Å². The minimum atomic E-state index is -0.486. The van der Waals surface area contributed by atoms with Gasteiger partial charge in [0.15, 0.2) is 0 Å². The molecule has 3 N–H and O–H groups in total. The van der Waals surface area contributed by atoms with Crippen molar-refractivity contribution in [3.63, 3.8) is 0 Å². The van der Waals surface area contributed by atoms with Crippen LogP contribution in [0.4, 0.5) is 0 Å². The average Bonchev–Trinajstić information content (AvgIpc) is 2.69. The number of furan rings is 1. The fourth-order valence-electron chi connectivity index (χ4n) is 1.30. The molecule has 0 saturated carbocycles. The highest BCUT2D eigenvalue weighted by atomic mass is 16.5. The molecular formula is C10H16N2O3. The average molecular weight is 212 g/mol. The maximum atomic E-state index is 11.1. The molecule has 0 aliphatic heterocycles. The zero-order chi connectivity index (χ0) is 11.3. The first-order valence-corrected chi connectivity index (χ1v) is 4.71. The lowest BCUT2D eigenvalue weighted by atomic mass is 10.1. The van der Waals surface area contributed by atoms with Crippen LogP contribution in [0, 0.1) is 0 Å². The van der Waals surface area contributed by atoms with E-state index in [1.807, 2.05) is 13.0 Å². The zero-order valence-corrected chi connectivity index (χ0v) is 8.90. The van der Waals surface area contributed by atoms with Crippen molar-refractivity contribution in [3.8, 4) is 0 Å². The third-order valence-corrected chi connectivity index (χ3v) is 2.17. The Labute approximate surface area is 88.6 Å². The van der Waals surface area contributed by atoms with Crippen LogP contribution in [0.5, 0.6) is 0 Å². The number of carbonyl (C=O) groups excluding carboxylic acids is 1. The smallest absolute Gasteiger partial charge is 0.236 e. The van der Waals surface area contributed by atoms with Gasteiger partial charge < -0.3 is 14.9 Å². The molecule has 0 spiro atoms. The van der Waals surface area contributed by atoms with Crippen LogP contribution < -0.4 is 11.1 Å². The summed E-state index contributed by atoms with van der Waals surface area (Å²) in [5.74, 6) is -0.424. The normalized spacial score (nSPS) is 14.8. The highest BCUT2D eigenvalue weighted by molar-refractivity contribution is 5.80. The molecule has 1 aromatic rings. The fourth-order valence-corrected chi connectivity index (χ4v) is 1.30. The van der Waals surface area contributed by atoms with E-state index in [2.05, 4.69) is 5.32 Å². The molecule has 0 fully saturated rings. The van der Waals surface area contributed by atoms with Crippen molar-refractivity contribution in [1.82, 2.24) is 5.32 Å².